The van der Waals surface area contributed by atoms with E-state index in [1.807, 2.05) is 23.1 Å². The van der Waals surface area contributed by atoms with Gasteiger partial charge in [0, 0.05) is 23.7 Å². The second kappa shape index (κ2) is 9.24. The molecular formula is C23H28ClN3O. The van der Waals surface area contributed by atoms with Crippen molar-refractivity contribution in [1.82, 2.24) is 14.5 Å². The van der Waals surface area contributed by atoms with Gasteiger partial charge in [-0.3, -0.25) is 4.79 Å². The Morgan fingerprint density at radius 1 is 1.14 bits per heavy atom. The molecule has 2 aromatic carbocycles. The summed E-state index contributed by atoms with van der Waals surface area (Å²) in [5.41, 5.74) is 2.77. The topological polar surface area (TPSA) is 38.1 Å². The zero-order chi connectivity index (χ0) is 20.1. The molecule has 0 aliphatic carbocycles. The SMILES string of the molecule is CCCCn1c(CN(CC(C)C)C(=O)c2ccc(Cl)cc2)nc2ccccc21. The van der Waals surface area contributed by atoms with Crippen LogP contribution in [0.1, 0.15) is 49.8 Å². The average Bonchev–Trinajstić information content (AvgIpc) is 3.02. The van der Waals surface area contributed by atoms with Crippen LogP contribution in [0.2, 0.25) is 5.02 Å². The summed E-state index contributed by atoms with van der Waals surface area (Å²) >= 11 is 5.99. The van der Waals surface area contributed by atoms with Gasteiger partial charge in [0.2, 0.25) is 0 Å². The second-order valence-electron chi connectivity index (χ2n) is 7.61. The maximum atomic E-state index is 13.2. The summed E-state index contributed by atoms with van der Waals surface area (Å²) < 4.78 is 2.27. The minimum atomic E-state index is 0.0134. The van der Waals surface area contributed by atoms with E-state index in [-0.39, 0.29) is 5.91 Å². The molecule has 0 fully saturated rings. The number of hydrogen-bond acceptors (Lipinski definition) is 2. The molecule has 0 N–H and O–H groups in total. The van der Waals surface area contributed by atoms with Crippen molar-refractivity contribution < 1.29 is 4.79 Å². The van der Waals surface area contributed by atoms with Crippen LogP contribution in [0.3, 0.4) is 0 Å². The number of aromatic nitrogens is 2. The molecular weight excluding hydrogens is 370 g/mol. The lowest BCUT2D eigenvalue weighted by atomic mass is 10.1. The highest BCUT2D eigenvalue weighted by atomic mass is 35.5. The first kappa shape index (κ1) is 20.4. The van der Waals surface area contributed by atoms with E-state index in [2.05, 4.69) is 31.4 Å². The quantitative estimate of drug-likeness (QED) is 0.482. The Labute approximate surface area is 172 Å². The van der Waals surface area contributed by atoms with Crippen LogP contribution in [0.25, 0.3) is 11.0 Å². The highest BCUT2D eigenvalue weighted by molar-refractivity contribution is 6.30. The third kappa shape index (κ3) is 4.74. The van der Waals surface area contributed by atoms with E-state index in [1.54, 1.807) is 24.3 Å². The zero-order valence-corrected chi connectivity index (χ0v) is 17.6. The Balaban J connectivity index is 1.94. The molecule has 1 heterocycles. The largest absolute Gasteiger partial charge is 0.331 e. The number of nitrogens with zero attached hydrogens (tertiary/aromatic N) is 3. The van der Waals surface area contributed by atoms with Gasteiger partial charge in [-0.2, -0.15) is 0 Å². The van der Waals surface area contributed by atoms with Crippen LogP contribution in [-0.2, 0) is 13.1 Å². The summed E-state index contributed by atoms with van der Waals surface area (Å²) in [4.78, 5) is 19.9. The molecule has 0 radical (unpaired) electrons. The minimum absolute atomic E-state index is 0.0134. The van der Waals surface area contributed by atoms with Gasteiger partial charge in [0.1, 0.15) is 5.82 Å². The summed E-state index contributed by atoms with van der Waals surface area (Å²) in [7, 11) is 0. The van der Waals surface area contributed by atoms with E-state index >= 15 is 0 Å². The normalized spacial score (nSPS) is 11.3. The van der Waals surface area contributed by atoms with Crippen LogP contribution in [0.5, 0.6) is 0 Å². The number of benzene rings is 2. The number of carbonyl (C=O) groups excluding carboxylic acids is 1. The van der Waals surface area contributed by atoms with Gasteiger partial charge in [-0.1, -0.05) is 50.9 Å². The number of rotatable bonds is 8. The van der Waals surface area contributed by atoms with E-state index in [0.717, 1.165) is 36.2 Å². The molecule has 0 aliphatic heterocycles. The number of halogens is 1. The van der Waals surface area contributed by atoms with E-state index in [1.165, 1.54) is 0 Å². The van der Waals surface area contributed by atoms with Gasteiger partial charge in [0.15, 0.2) is 0 Å². The van der Waals surface area contributed by atoms with E-state index < -0.39 is 0 Å². The number of imidazole rings is 1. The van der Waals surface area contributed by atoms with Crippen molar-refractivity contribution in [3.63, 3.8) is 0 Å². The number of aryl methyl sites for hydroxylation is 1. The van der Waals surface area contributed by atoms with Crippen molar-refractivity contribution in [3.05, 3.63) is 64.9 Å². The van der Waals surface area contributed by atoms with Gasteiger partial charge >= 0.3 is 0 Å². The lowest BCUT2D eigenvalue weighted by Gasteiger charge is -2.25. The van der Waals surface area contributed by atoms with Crippen molar-refractivity contribution >= 4 is 28.5 Å². The maximum Gasteiger partial charge on any atom is 0.254 e. The van der Waals surface area contributed by atoms with Crippen molar-refractivity contribution in [2.75, 3.05) is 6.54 Å². The van der Waals surface area contributed by atoms with E-state index in [9.17, 15) is 4.79 Å². The molecule has 0 unspecified atom stereocenters. The molecule has 1 aromatic heterocycles. The third-order valence-corrected chi connectivity index (χ3v) is 5.02. The van der Waals surface area contributed by atoms with Crippen molar-refractivity contribution in [2.45, 2.75) is 46.7 Å². The first-order valence-corrected chi connectivity index (χ1v) is 10.4. The predicted molar refractivity (Wildman–Crippen MR) is 116 cm³/mol. The molecule has 0 spiro atoms. The average molecular weight is 398 g/mol. The number of amides is 1. The zero-order valence-electron chi connectivity index (χ0n) is 16.9. The Morgan fingerprint density at radius 2 is 1.86 bits per heavy atom. The third-order valence-electron chi connectivity index (χ3n) is 4.77. The van der Waals surface area contributed by atoms with Gasteiger partial charge in [0.25, 0.3) is 5.91 Å². The molecule has 0 saturated heterocycles. The van der Waals surface area contributed by atoms with Gasteiger partial charge in [-0.15, -0.1) is 0 Å². The molecule has 0 atom stereocenters. The highest BCUT2D eigenvalue weighted by Gasteiger charge is 2.21. The van der Waals surface area contributed by atoms with Crippen molar-refractivity contribution in [2.24, 2.45) is 5.92 Å². The Kier molecular flexibility index (Phi) is 6.74. The molecule has 5 heteroatoms. The molecule has 148 valence electrons. The Morgan fingerprint density at radius 3 is 2.54 bits per heavy atom. The second-order valence-corrected chi connectivity index (χ2v) is 8.04. The molecule has 28 heavy (non-hydrogen) atoms. The number of unbranched alkanes of at least 4 members (excludes halogenated alkanes) is 1. The molecule has 1 amide bonds. The van der Waals surface area contributed by atoms with E-state index in [0.29, 0.717) is 29.6 Å². The lowest BCUT2D eigenvalue weighted by molar-refractivity contribution is 0.0716. The minimum Gasteiger partial charge on any atom is -0.331 e. The molecule has 3 aromatic rings. The Bertz CT molecular complexity index is 931. The van der Waals surface area contributed by atoms with Crippen LogP contribution < -0.4 is 0 Å². The summed E-state index contributed by atoms with van der Waals surface area (Å²) in [6, 6.07) is 15.3. The van der Waals surface area contributed by atoms with Crippen LogP contribution >= 0.6 is 11.6 Å². The fraction of sp³-hybridized carbons (Fsp3) is 0.391. The fourth-order valence-corrected chi connectivity index (χ4v) is 3.54. The Hall–Kier alpha value is -2.33. The van der Waals surface area contributed by atoms with Crippen molar-refractivity contribution in [3.8, 4) is 0 Å². The van der Waals surface area contributed by atoms with E-state index in [4.69, 9.17) is 16.6 Å². The summed E-state index contributed by atoms with van der Waals surface area (Å²) in [5, 5.41) is 0.633. The number of hydrogen-bond donors (Lipinski definition) is 0. The number of fused-ring (bicyclic) bond motifs is 1. The highest BCUT2D eigenvalue weighted by Crippen LogP contribution is 2.20. The lowest BCUT2D eigenvalue weighted by Crippen LogP contribution is -2.34. The first-order chi connectivity index (χ1) is 13.5. The fourth-order valence-electron chi connectivity index (χ4n) is 3.42. The van der Waals surface area contributed by atoms with Gasteiger partial charge in [0.05, 0.1) is 17.6 Å². The van der Waals surface area contributed by atoms with Crippen molar-refractivity contribution in [1.29, 1.82) is 0 Å². The van der Waals surface area contributed by atoms with Crippen LogP contribution in [0.4, 0.5) is 0 Å². The predicted octanol–water partition coefficient (Wildman–Crippen LogP) is 5.79. The molecule has 0 bridgehead atoms. The number of carbonyl (C=O) groups is 1. The van der Waals surface area contributed by atoms with Gasteiger partial charge in [-0.25, -0.2) is 4.98 Å². The summed E-state index contributed by atoms with van der Waals surface area (Å²) in [6.07, 6.45) is 2.20. The van der Waals surface area contributed by atoms with Crippen LogP contribution in [-0.4, -0.2) is 26.9 Å². The molecule has 3 rings (SSSR count). The molecule has 4 nitrogen and oxygen atoms in total. The van der Waals surface area contributed by atoms with Crippen LogP contribution in [0.15, 0.2) is 48.5 Å². The molecule has 0 saturated carbocycles. The molecule has 0 aliphatic rings. The monoisotopic (exact) mass is 397 g/mol. The van der Waals surface area contributed by atoms with Crippen LogP contribution in [0, 0.1) is 5.92 Å². The van der Waals surface area contributed by atoms with Gasteiger partial charge < -0.3 is 9.47 Å². The first-order valence-electron chi connectivity index (χ1n) is 9.98. The number of para-hydroxylation sites is 2. The summed E-state index contributed by atoms with van der Waals surface area (Å²) in [5.74, 6) is 1.32. The maximum absolute atomic E-state index is 13.2. The smallest absolute Gasteiger partial charge is 0.254 e. The summed E-state index contributed by atoms with van der Waals surface area (Å²) in [6.45, 7) is 8.53. The van der Waals surface area contributed by atoms with Gasteiger partial charge in [-0.05, 0) is 48.7 Å². The standard InChI is InChI=1S/C23H28ClN3O/c1-4-5-14-27-21-9-7-6-8-20(21)25-22(27)16-26(15-17(2)3)23(28)18-10-12-19(24)13-11-18/h6-13,17H,4-5,14-16H2,1-3H3.